The van der Waals surface area contributed by atoms with E-state index in [9.17, 15) is 4.79 Å². The monoisotopic (exact) mass is 365 g/mol. The maximum atomic E-state index is 13.2. The van der Waals surface area contributed by atoms with Crippen LogP contribution in [-0.2, 0) is 0 Å². The summed E-state index contributed by atoms with van der Waals surface area (Å²) in [5, 5.41) is 0. The highest BCUT2D eigenvalue weighted by Gasteiger charge is 2.33. The van der Waals surface area contributed by atoms with Gasteiger partial charge in [0.25, 0.3) is 5.91 Å². The van der Waals surface area contributed by atoms with E-state index in [0.29, 0.717) is 12.2 Å². The zero-order valence-corrected chi connectivity index (χ0v) is 15.8. The third kappa shape index (κ3) is 3.12. The Morgan fingerprint density at radius 2 is 2.00 bits per heavy atom. The Bertz CT molecular complexity index is 996. The minimum atomic E-state index is -0.0447. The topological polar surface area (TPSA) is 56.1 Å². The molecular weight excluding hydrogens is 342 g/mol. The van der Waals surface area contributed by atoms with Gasteiger partial charge in [0, 0.05) is 30.6 Å². The number of hydrogen-bond donors (Lipinski definition) is 0. The Hall–Kier alpha value is -3.02. The lowest BCUT2D eigenvalue weighted by Gasteiger charge is -2.26. The van der Waals surface area contributed by atoms with Gasteiger partial charge in [0.1, 0.15) is 22.8 Å². The fraction of sp³-hybridized carbons (Fsp3) is 0.333. The SMILES string of the molecule is COc1ccc([C@H]2CCCN2C(=O)c2cn3cc(C)ccc3n2)c(OC)c1. The van der Waals surface area contributed by atoms with Gasteiger partial charge in [0.15, 0.2) is 0 Å². The second-order valence-corrected chi connectivity index (χ2v) is 6.86. The maximum absolute atomic E-state index is 13.2. The molecule has 3 aromatic rings. The molecule has 4 rings (SSSR count). The van der Waals surface area contributed by atoms with Crippen LogP contribution >= 0.6 is 0 Å². The van der Waals surface area contributed by atoms with E-state index in [-0.39, 0.29) is 11.9 Å². The summed E-state index contributed by atoms with van der Waals surface area (Å²) >= 11 is 0. The van der Waals surface area contributed by atoms with E-state index >= 15 is 0 Å². The van der Waals surface area contributed by atoms with E-state index in [2.05, 4.69) is 4.98 Å². The Morgan fingerprint density at radius 1 is 1.15 bits per heavy atom. The summed E-state index contributed by atoms with van der Waals surface area (Å²) < 4.78 is 12.7. The third-order valence-electron chi connectivity index (χ3n) is 5.13. The van der Waals surface area contributed by atoms with E-state index < -0.39 is 0 Å². The molecule has 0 N–H and O–H groups in total. The van der Waals surface area contributed by atoms with Crippen LogP contribution < -0.4 is 9.47 Å². The molecule has 1 aromatic carbocycles. The molecular formula is C21H23N3O3. The van der Waals surface area contributed by atoms with Gasteiger partial charge < -0.3 is 18.8 Å². The van der Waals surface area contributed by atoms with Crippen molar-refractivity contribution < 1.29 is 14.3 Å². The predicted octanol–water partition coefficient (Wildman–Crippen LogP) is 3.64. The Morgan fingerprint density at radius 3 is 2.78 bits per heavy atom. The Kier molecular flexibility index (Phi) is 4.48. The van der Waals surface area contributed by atoms with E-state index in [0.717, 1.165) is 41.1 Å². The first kappa shape index (κ1) is 17.4. The van der Waals surface area contributed by atoms with Crippen LogP contribution in [0.1, 0.15) is 40.5 Å². The largest absolute Gasteiger partial charge is 0.497 e. The fourth-order valence-electron chi connectivity index (χ4n) is 3.78. The highest BCUT2D eigenvalue weighted by atomic mass is 16.5. The molecule has 27 heavy (non-hydrogen) atoms. The molecule has 0 aliphatic carbocycles. The number of benzene rings is 1. The number of methoxy groups -OCH3 is 2. The number of rotatable bonds is 4. The molecule has 6 nitrogen and oxygen atoms in total. The average Bonchev–Trinajstić information content (AvgIpc) is 3.33. The first-order valence-electron chi connectivity index (χ1n) is 9.09. The van der Waals surface area contributed by atoms with Crippen molar-refractivity contribution >= 4 is 11.6 Å². The summed E-state index contributed by atoms with van der Waals surface area (Å²) in [5.74, 6) is 1.43. The lowest BCUT2D eigenvalue weighted by atomic mass is 10.0. The normalized spacial score (nSPS) is 16.7. The molecule has 2 aromatic heterocycles. The summed E-state index contributed by atoms with van der Waals surface area (Å²) in [5.41, 5.74) is 3.38. The fourth-order valence-corrected chi connectivity index (χ4v) is 3.78. The van der Waals surface area contributed by atoms with Crippen LogP contribution in [0.4, 0.5) is 0 Å². The lowest BCUT2D eigenvalue weighted by molar-refractivity contribution is 0.0729. The number of hydrogen-bond acceptors (Lipinski definition) is 4. The zero-order chi connectivity index (χ0) is 19.0. The minimum absolute atomic E-state index is 0.0232. The number of nitrogens with zero attached hydrogens (tertiary/aromatic N) is 3. The molecule has 1 fully saturated rings. The molecule has 0 radical (unpaired) electrons. The zero-order valence-electron chi connectivity index (χ0n) is 15.8. The number of pyridine rings is 1. The third-order valence-corrected chi connectivity index (χ3v) is 5.13. The van der Waals surface area contributed by atoms with Gasteiger partial charge in [-0.25, -0.2) is 4.98 Å². The number of imidazole rings is 1. The van der Waals surface area contributed by atoms with Crippen molar-refractivity contribution in [1.29, 1.82) is 0 Å². The summed E-state index contributed by atoms with van der Waals surface area (Å²) in [6.07, 6.45) is 5.65. The van der Waals surface area contributed by atoms with Gasteiger partial charge in [-0.15, -0.1) is 0 Å². The van der Waals surface area contributed by atoms with Crippen LogP contribution in [-0.4, -0.2) is 41.0 Å². The number of ether oxygens (including phenoxy) is 2. The van der Waals surface area contributed by atoms with Gasteiger partial charge in [0.05, 0.1) is 20.3 Å². The minimum Gasteiger partial charge on any atom is -0.497 e. The number of likely N-dealkylation sites (tertiary alicyclic amines) is 1. The molecule has 1 saturated heterocycles. The molecule has 0 saturated carbocycles. The Balaban J connectivity index is 1.67. The second-order valence-electron chi connectivity index (χ2n) is 6.86. The van der Waals surface area contributed by atoms with E-state index in [1.54, 1.807) is 14.2 Å². The highest BCUT2D eigenvalue weighted by molar-refractivity contribution is 5.93. The molecule has 140 valence electrons. The van der Waals surface area contributed by atoms with Crippen molar-refractivity contribution in [3.05, 3.63) is 59.5 Å². The number of carbonyl (C=O) groups excluding carboxylic acids is 1. The van der Waals surface area contributed by atoms with Crippen molar-refractivity contribution in [1.82, 2.24) is 14.3 Å². The lowest BCUT2D eigenvalue weighted by Crippen LogP contribution is -2.31. The predicted molar refractivity (Wildman–Crippen MR) is 102 cm³/mol. The molecule has 1 amide bonds. The first-order chi connectivity index (χ1) is 13.1. The molecule has 0 unspecified atom stereocenters. The molecule has 1 atom stereocenters. The molecule has 6 heteroatoms. The van der Waals surface area contributed by atoms with Gasteiger partial charge in [-0.2, -0.15) is 0 Å². The van der Waals surface area contributed by atoms with Gasteiger partial charge >= 0.3 is 0 Å². The quantitative estimate of drug-likeness (QED) is 0.708. The van der Waals surface area contributed by atoms with Gasteiger partial charge in [-0.05, 0) is 43.5 Å². The molecule has 1 aliphatic rings. The molecule has 0 bridgehead atoms. The van der Waals surface area contributed by atoms with Crippen LogP contribution in [0.2, 0.25) is 0 Å². The summed E-state index contributed by atoms with van der Waals surface area (Å²) in [4.78, 5) is 19.6. The number of fused-ring (bicyclic) bond motifs is 1. The van der Waals surface area contributed by atoms with Crippen molar-refractivity contribution in [3.8, 4) is 11.5 Å². The summed E-state index contributed by atoms with van der Waals surface area (Å²) in [7, 11) is 3.27. The maximum Gasteiger partial charge on any atom is 0.274 e. The van der Waals surface area contributed by atoms with Crippen molar-refractivity contribution in [2.45, 2.75) is 25.8 Å². The highest BCUT2D eigenvalue weighted by Crippen LogP contribution is 2.39. The van der Waals surface area contributed by atoms with E-state index in [1.807, 2.05) is 58.9 Å². The van der Waals surface area contributed by atoms with Crippen LogP contribution in [0.15, 0.2) is 42.7 Å². The van der Waals surface area contributed by atoms with E-state index in [4.69, 9.17) is 9.47 Å². The number of carbonyl (C=O) groups is 1. The molecule has 1 aliphatic heterocycles. The van der Waals surface area contributed by atoms with Crippen molar-refractivity contribution in [2.24, 2.45) is 0 Å². The number of aromatic nitrogens is 2. The van der Waals surface area contributed by atoms with Crippen molar-refractivity contribution in [2.75, 3.05) is 20.8 Å². The average molecular weight is 365 g/mol. The van der Waals surface area contributed by atoms with Crippen LogP contribution in [0, 0.1) is 6.92 Å². The summed E-state index contributed by atoms with van der Waals surface area (Å²) in [6.45, 7) is 2.74. The van der Waals surface area contributed by atoms with Crippen LogP contribution in [0.25, 0.3) is 5.65 Å². The number of amides is 1. The van der Waals surface area contributed by atoms with E-state index in [1.165, 1.54) is 0 Å². The summed E-state index contributed by atoms with van der Waals surface area (Å²) in [6, 6.07) is 9.67. The second kappa shape index (κ2) is 6.95. The smallest absolute Gasteiger partial charge is 0.274 e. The van der Waals surface area contributed by atoms with Crippen LogP contribution in [0.3, 0.4) is 0 Å². The van der Waals surface area contributed by atoms with Gasteiger partial charge in [-0.3, -0.25) is 4.79 Å². The van der Waals surface area contributed by atoms with Gasteiger partial charge in [0.2, 0.25) is 0 Å². The van der Waals surface area contributed by atoms with Crippen molar-refractivity contribution in [3.63, 3.8) is 0 Å². The molecule has 3 heterocycles. The standard InChI is InChI=1S/C21H23N3O3/c1-14-6-9-20-22-17(13-23(20)12-14)21(25)24-10-4-5-18(24)16-8-7-15(26-2)11-19(16)27-3/h6-9,11-13,18H,4-5,10H2,1-3H3/t18-/m1/s1. The molecule has 0 spiro atoms. The Labute approximate surface area is 158 Å². The van der Waals surface area contributed by atoms with Crippen LogP contribution in [0.5, 0.6) is 11.5 Å². The van der Waals surface area contributed by atoms with Gasteiger partial charge in [-0.1, -0.05) is 6.07 Å². The number of aryl methyl sites for hydroxylation is 1. The first-order valence-corrected chi connectivity index (χ1v) is 9.09.